The van der Waals surface area contributed by atoms with Crippen LogP contribution in [0.5, 0.6) is 0 Å². The number of hydrogen-bond donors (Lipinski definition) is 3. The number of aliphatic imine (C=N–C) groups is 1. The lowest BCUT2D eigenvalue weighted by molar-refractivity contribution is -0.137. The van der Waals surface area contributed by atoms with Crippen LogP contribution >= 0.6 is 0 Å². The standard InChI is InChI=1S/C18H19F3N4O/c1-22-17(24-12-16(26)25-15-5-3-2-4-6-15)23-11-13-7-9-14(10-8-13)18(19,20)21/h2-10H,11-12H2,1H3,(H,25,26)(H2,22,23,24). The van der Waals surface area contributed by atoms with E-state index in [9.17, 15) is 18.0 Å². The maximum atomic E-state index is 12.5. The summed E-state index contributed by atoms with van der Waals surface area (Å²) in [6.45, 7) is 0.277. The van der Waals surface area contributed by atoms with E-state index in [-0.39, 0.29) is 19.0 Å². The second-order valence-corrected chi connectivity index (χ2v) is 5.39. The van der Waals surface area contributed by atoms with Crippen LogP contribution in [0.4, 0.5) is 18.9 Å². The molecule has 0 fully saturated rings. The number of nitrogens with one attached hydrogen (secondary N) is 3. The van der Waals surface area contributed by atoms with Gasteiger partial charge in [0, 0.05) is 19.3 Å². The summed E-state index contributed by atoms with van der Waals surface area (Å²) in [4.78, 5) is 15.8. The van der Waals surface area contributed by atoms with Gasteiger partial charge in [0.15, 0.2) is 5.96 Å². The van der Waals surface area contributed by atoms with Crippen LogP contribution in [0.25, 0.3) is 0 Å². The molecule has 0 bridgehead atoms. The number of benzene rings is 2. The Bertz CT molecular complexity index is 743. The van der Waals surface area contributed by atoms with E-state index in [0.29, 0.717) is 17.2 Å². The van der Waals surface area contributed by atoms with Crippen LogP contribution in [0.15, 0.2) is 59.6 Å². The molecule has 3 N–H and O–H groups in total. The van der Waals surface area contributed by atoms with Gasteiger partial charge in [-0.2, -0.15) is 13.2 Å². The lowest BCUT2D eigenvalue weighted by Gasteiger charge is -2.13. The molecular formula is C18H19F3N4O. The van der Waals surface area contributed by atoms with Gasteiger partial charge in [0.25, 0.3) is 0 Å². The smallest absolute Gasteiger partial charge is 0.352 e. The molecule has 138 valence electrons. The molecule has 0 aromatic heterocycles. The van der Waals surface area contributed by atoms with Gasteiger partial charge in [0.2, 0.25) is 5.91 Å². The summed E-state index contributed by atoms with van der Waals surface area (Å²) < 4.78 is 37.6. The summed E-state index contributed by atoms with van der Waals surface area (Å²) in [7, 11) is 1.54. The van der Waals surface area contributed by atoms with Crippen molar-refractivity contribution in [2.45, 2.75) is 12.7 Å². The molecule has 1 amide bonds. The number of hydrogen-bond acceptors (Lipinski definition) is 2. The SMILES string of the molecule is CN=C(NCC(=O)Nc1ccccc1)NCc1ccc(C(F)(F)F)cc1. The Balaban J connectivity index is 1.79. The fraction of sp³-hybridized carbons (Fsp3) is 0.222. The first-order chi connectivity index (χ1) is 12.4. The van der Waals surface area contributed by atoms with E-state index in [1.807, 2.05) is 18.2 Å². The summed E-state index contributed by atoms with van der Waals surface area (Å²) in [6, 6.07) is 13.9. The highest BCUT2D eigenvalue weighted by Gasteiger charge is 2.29. The first-order valence-electron chi connectivity index (χ1n) is 7.84. The summed E-state index contributed by atoms with van der Waals surface area (Å²) in [5, 5.41) is 8.51. The van der Waals surface area contributed by atoms with Crippen LogP contribution in [0.3, 0.4) is 0 Å². The van der Waals surface area contributed by atoms with Gasteiger partial charge in [-0.25, -0.2) is 0 Å². The third kappa shape index (κ3) is 6.12. The monoisotopic (exact) mass is 364 g/mol. The lowest BCUT2D eigenvalue weighted by Crippen LogP contribution is -2.41. The van der Waals surface area contributed by atoms with Crippen LogP contribution in [-0.4, -0.2) is 25.5 Å². The van der Waals surface area contributed by atoms with Crippen LogP contribution in [0.2, 0.25) is 0 Å². The number of nitrogens with zero attached hydrogens (tertiary/aromatic N) is 1. The van der Waals surface area contributed by atoms with Crippen molar-refractivity contribution in [1.82, 2.24) is 10.6 Å². The highest BCUT2D eigenvalue weighted by Crippen LogP contribution is 2.28. The largest absolute Gasteiger partial charge is 0.416 e. The number of rotatable bonds is 5. The zero-order valence-corrected chi connectivity index (χ0v) is 14.1. The molecular weight excluding hydrogens is 345 g/mol. The number of guanidine groups is 1. The summed E-state index contributed by atoms with van der Waals surface area (Å²) >= 11 is 0. The molecule has 0 saturated carbocycles. The normalized spacial score (nSPS) is 11.8. The molecule has 0 radical (unpaired) electrons. The van der Waals surface area contributed by atoms with E-state index in [0.717, 1.165) is 12.1 Å². The van der Waals surface area contributed by atoms with Crippen molar-refractivity contribution in [1.29, 1.82) is 0 Å². The Morgan fingerprint density at radius 2 is 1.65 bits per heavy atom. The van der Waals surface area contributed by atoms with Crippen molar-refractivity contribution < 1.29 is 18.0 Å². The van der Waals surface area contributed by atoms with Crippen LogP contribution in [0, 0.1) is 0 Å². The minimum atomic E-state index is -4.35. The van der Waals surface area contributed by atoms with Gasteiger partial charge in [-0.05, 0) is 29.8 Å². The third-order valence-corrected chi connectivity index (χ3v) is 3.44. The molecule has 8 heteroatoms. The Labute approximate surface area is 149 Å². The first kappa shape index (κ1) is 19.3. The zero-order valence-electron chi connectivity index (χ0n) is 14.1. The number of para-hydroxylation sites is 1. The quantitative estimate of drug-likeness (QED) is 0.564. The molecule has 26 heavy (non-hydrogen) atoms. The summed E-state index contributed by atoms with van der Waals surface area (Å²) in [5.74, 6) is 0.127. The fourth-order valence-electron chi connectivity index (χ4n) is 2.11. The minimum absolute atomic E-state index is 0.00157. The van der Waals surface area contributed by atoms with Gasteiger partial charge >= 0.3 is 6.18 Å². The Morgan fingerprint density at radius 1 is 1.00 bits per heavy atom. The van der Waals surface area contributed by atoms with Gasteiger partial charge in [-0.15, -0.1) is 0 Å². The number of amides is 1. The van der Waals surface area contributed by atoms with E-state index in [1.54, 1.807) is 12.1 Å². The predicted octanol–water partition coefficient (Wildman–Crippen LogP) is 3.01. The second-order valence-electron chi connectivity index (χ2n) is 5.39. The molecule has 0 unspecified atom stereocenters. The van der Waals surface area contributed by atoms with E-state index in [1.165, 1.54) is 19.2 Å². The van der Waals surface area contributed by atoms with Gasteiger partial charge in [0.05, 0.1) is 12.1 Å². The highest BCUT2D eigenvalue weighted by atomic mass is 19.4. The average Bonchev–Trinajstić information content (AvgIpc) is 2.62. The van der Waals surface area contributed by atoms with E-state index < -0.39 is 11.7 Å². The Hall–Kier alpha value is -3.03. The molecule has 0 aliphatic heterocycles. The van der Waals surface area contributed by atoms with Gasteiger partial charge in [-0.3, -0.25) is 9.79 Å². The predicted molar refractivity (Wildman–Crippen MR) is 94.7 cm³/mol. The molecule has 5 nitrogen and oxygen atoms in total. The molecule has 2 aromatic carbocycles. The second kappa shape index (κ2) is 8.89. The Morgan fingerprint density at radius 3 is 2.23 bits per heavy atom. The van der Waals surface area contributed by atoms with Crippen molar-refractivity contribution in [3.05, 3.63) is 65.7 Å². The number of carbonyl (C=O) groups excluding carboxylic acids is 1. The van der Waals surface area contributed by atoms with Gasteiger partial charge in [0.1, 0.15) is 0 Å². The molecule has 2 rings (SSSR count). The summed E-state index contributed by atoms with van der Waals surface area (Å²) in [6.07, 6.45) is -4.35. The topological polar surface area (TPSA) is 65.5 Å². The molecule has 0 aliphatic rings. The molecule has 0 heterocycles. The number of halogens is 3. The Kier molecular flexibility index (Phi) is 6.60. The molecule has 0 saturated heterocycles. The van der Waals surface area contributed by atoms with Crippen molar-refractivity contribution in [3.63, 3.8) is 0 Å². The number of anilines is 1. The van der Waals surface area contributed by atoms with Crippen molar-refractivity contribution in [3.8, 4) is 0 Å². The fourth-order valence-corrected chi connectivity index (χ4v) is 2.11. The number of carbonyl (C=O) groups is 1. The van der Waals surface area contributed by atoms with Crippen molar-refractivity contribution in [2.24, 2.45) is 4.99 Å². The highest BCUT2D eigenvalue weighted by molar-refractivity contribution is 5.94. The van der Waals surface area contributed by atoms with Crippen molar-refractivity contribution in [2.75, 3.05) is 18.9 Å². The minimum Gasteiger partial charge on any atom is -0.352 e. The molecule has 2 aromatic rings. The third-order valence-electron chi connectivity index (χ3n) is 3.44. The molecule has 0 spiro atoms. The van der Waals surface area contributed by atoms with E-state index in [4.69, 9.17) is 0 Å². The van der Waals surface area contributed by atoms with Crippen LogP contribution in [-0.2, 0) is 17.5 Å². The van der Waals surface area contributed by atoms with Gasteiger partial charge in [-0.1, -0.05) is 30.3 Å². The molecule has 0 aliphatic carbocycles. The van der Waals surface area contributed by atoms with Crippen LogP contribution in [0.1, 0.15) is 11.1 Å². The summed E-state index contributed by atoms with van der Waals surface area (Å²) in [5.41, 5.74) is 0.656. The number of alkyl halides is 3. The average molecular weight is 364 g/mol. The van der Waals surface area contributed by atoms with E-state index in [2.05, 4.69) is 20.9 Å². The maximum absolute atomic E-state index is 12.5. The van der Waals surface area contributed by atoms with E-state index >= 15 is 0 Å². The van der Waals surface area contributed by atoms with Gasteiger partial charge < -0.3 is 16.0 Å². The lowest BCUT2D eigenvalue weighted by atomic mass is 10.1. The van der Waals surface area contributed by atoms with Crippen molar-refractivity contribution >= 4 is 17.6 Å². The zero-order chi connectivity index (χ0) is 19.0. The maximum Gasteiger partial charge on any atom is 0.416 e. The molecule has 0 atom stereocenters. The first-order valence-corrected chi connectivity index (χ1v) is 7.84. The van der Waals surface area contributed by atoms with Crippen LogP contribution < -0.4 is 16.0 Å².